The minimum absolute atomic E-state index is 0.0237. The van der Waals surface area contributed by atoms with Gasteiger partial charge in [-0.25, -0.2) is 17.8 Å². The third-order valence-corrected chi connectivity index (χ3v) is 14.2. The van der Waals surface area contributed by atoms with Gasteiger partial charge in [0, 0.05) is 18.2 Å². The maximum Gasteiger partial charge on any atom is 0.307 e. The molecule has 0 unspecified atom stereocenters. The Hall–Kier alpha value is -3.78. The molecule has 1 aromatic carbocycles. The average Bonchev–Trinajstić information content (AvgIpc) is 4.02. The molecule has 1 saturated heterocycles. The van der Waals surface area contributed by atoms with Crippen molar-refractivity contribution in [2.75, 3.05) is 20.3 Å². The number of carbonyl (C=O) groups is 4. The van der Waals surface area contributed by atoms with E-state index < -0.39 is 80.0 Å². The molecule has 1 aromatic heterocycles. The maximum absolute atomic E-state index is 14.9. The number of aromatic nitrogens is 1. The Labute approximate surface area is 333 Å². The van der Waals surface area contributed by atoms with Crippen molar-refractivity contribution in [1.82, 2.24) is 14.6 Å². The summed E-state index contributed by atoms with van der Waals surface area (Å²) in [5.41, 5.74) is -2.18. The van der Waals surface area contributed by atoms with E-state index in [1.165, 1.54) is 4.90 Å². The molecule has 306 valence electrons. The molecule has 1 N–H and O–H groups in total. The number of hydrogen-bond donors (Lipinski definition) is 1. The number of pyridine rings is 1. The fourth-order valence-corrected chi connectivity index (χ4v) is 9.99. The van der Waals surface area contributed by atoms with Gasteiger partial charge in [0.15, 0.2) is 5.78 Å². The molecule has 12 nitrogen and oxygen atoms in total. The quantitative estimate of drug-likeness (QED) is 0.168. The van der Waals surface area contributed by atoms with Crippen molar-refractivity contribution in [1.29, 1.82) is 0 Å². The number of benzene rings is 1. The first-order valence-corrected chi connectivity index (χ1v) is 21.3. The van der Waals surface area contributed by atoms with Crippen LogP contribution >= 0.6 is 11.6 Å². The number of fused-ring (bicyclic) bond motifs is 3. The molecular formula is C41H53ClFN3O9S. The molecule has 2 aliphatic carbocycles. The summed E-state index contributed by atoms with van der Waals surface area (Å²) in [5.74, 6) is -2.79. The highest BCUT2D eigenvalue weighted by atomic mass is 35.5. The number of sulfonamides is 1. The second-order valence-corrected chi connectivity index (χ2v) is 19.9. The number of carbonyl (C=O) groups excluding carboxylic acids is 4. The molecule has 2 aliphatic heterocycles. The summed E-state index contributed by atoms with van der Waals surface area (Å²) in [6.45, 7) is 8.16. The van der Waals surface area contributed by atoms with Gasteiger partial charge < -0.3 is 19.1 Å². The standard InChI is InChI=1S/C41H53ClFN3O9S/c1-24-9-7-8-10-27-20-41(27,38(50)45-56(51,52)40(23-43)13-14-40)21-33(47)32-18-29(54-36-30-12-11-28(53-6)16-26(30)17-34(42)44-36)22-46(32)37(49)31(25(2)15-24)19-35(48)55-39(3,4)5/h8,10-12,16-17,24-25,27,29,31-32H,7,9,13-15,18-23H2,1-6H3,(H,45,50)/b10-8-/t24-,25-,27-,29-,31+,32+,41-/m1/s1. The van der Waals surface area contributed by atoms with Crippen LogP contribution in [0, 0.1) is 29.1 Å². The van der Waals surface area contributed by atoms with Gasteiger partial charge in [0.25, 0.3) is 0 Å². The highest BCUT2D eigenvalue weighted by molar-refractivity contribution is 7.91. The molecule has 7 atom stereocenters. The first-order chi connectivity index (χ1) is 26.3. The van der Waals surface area contributed by atoms with E-state index in [4.69, 9.17) is 25.8 Å². The minimum Gasteiger partial charge on any atom is -0.497 e. The van der Waals surface area contributed by atoms with Gasteiger partial charge in [0.2, 0.25) is 27.7 Å². The number of amides is 2. The number of ether oxygens (including phenoxy) is 3. The van der Waals surface area contributed by atoms with Gasteiger partial charge in [-0.3, -0.25) is 23.9 Å². The van der Waals surface area contributed by atoms with Crippen LogP contribution in [0.5, 0.6) is 11.6 Å². The first-order valence-electron chi connectivity index (χ1n) is 19.5. The summed E-state index contributed by atoms with van der Waals surface area (Å²) in [6.07, 6.45) is 5.07. The van der Waals surface area contributed by atoms with Crippen molar-refractivity contribution in [2.45, 2.75) is 115 Å². The zero-order valence-corrected chi connectivity index (χ0v) is 34.5. The lowest BCUT2D eigenvalue weighted by molar-refractivity contribution is -0.160. The molecule has 2 saturated carbocycles. The number of esters is 1. The van der Waals surface area contributed by atoms with E-state index >= 15 is 0 Å². The molecule has 2 amide bonds. The summed E-state index contributed by atoms with van der Waals surface area (Å²) in [5, 5.41) is 1.50. The van der Waals surface area contributed by atoms with Crippen molar-refractivity contribution >= 4 is 56.0 Å². The van der Waals surface area contributed by atoms with Gasteiger partial charge in [-0.15, -0.1) is 0 Å². The molecule has 56 heavy (non-hydrogen) atoms. The van der Waals surface area contributed by atoms with Crippen LogP contribution in [0.4, 0.5) is 4.39 Å². The van der Waals surface area contributed by atoms with Crippen molar-refractivity contribution in [2.24, 2.45) is 29.1 Å². The topological polar surface area (TPSA) is 158 Å². The first kappa shape index (κ1) is 41.8. The number of halogens is 2. The number of allylic oxidation sites excluding steroid dienone is 2. The second kappa shape index (κ2) is 15.9. The van der Waals surface area contributed by atoms with Crippen LogP contribution in [0.2, 0.25) is 5.15 Å². The molecule has 0 bridgehead atoms. The van der Waals surface area contributed by atoms with Gasteiger partial charge in [-0.2, -0.15) is 0 Å². The molecule has 6 rings (SSSR count). The Morgan fingerprint density at radius 3 is 2.52 bits per heavy atom. The number of hydrogen-bond acceptors (Lipinski definition) is 10. The van der Waals surface area contributed by atoms with Crippen LogP contribution in [0.1, 0.15) is 92.4 Å². The Balaban J connectivity index is 1.36. The van der Waals surface area contributed by atoms with E-state index in [1.807, 2.05) is 19.1 Å². The molecule has 15 heteroatoms. The van der Waals surface area contributed by atoms with Crippen LogP contribution in [0.3, 0.4) is 0 Å². The molecular weight excluding hydrogens is 765 g/mol. The van der Waals surface area contributed by atoms with E-state index in [0.717, 1.165) is 6.42 Å². The predicted octanol–water partition coefficient (Wildman–Crippen LogP) is 6.52. The monoisotopic (exact) mass is 817 g/mol. The number of ketones is 1. The van der Waals surface area contributed by atoms with E-state index in [2.05, 4.69) is 16.6 Å². The molecule has 4 aliphatic rings. The number of nitrogens with zero attached hydrogens (tertiary/aromatic N) is 2. The van der Waals surface area contributed by atoms with Gasteiger partial charge in [-0.05, 0) is 107 Å². The molecule has 3 fully saturated rings. The van der Waals surface area contributed by atoms with Gasteiger partial charge in [0.1, 0.15) is 34.0 Å². The zero-order chi connectivity index (χ0) is 40.8. The highest BCUT2D eigenvalue weighted by Crippen LogP contribution is 2.58. The summed E-state index contributed by atoms with van der Waals surface area (Å²) < 4.78 is 58.3. The Morgan fingerprint density at radius 2 is 1.86 bits per heavy atom. The average molecular weight is 818 g/mol. The van der Waals surface area contributed by atoms with E-state index in [9.17, 15) is 32.0 Å². The summed E-state index contributed by atoms with van der Waals surface area (Å²) >= 11 is 6.41. The number of alkyl halides is 1. The Kier molecular flexibility index (Phi) is 11.9. The van der Waals surface area contributed by atoms with Crippen molar-refractivity contribution in [3.63, 3.8) is 0 Å². The predicted molar refractivity (Wildman–Crippen MR) is 208 cm³/mol. The summed E-state index contributed by atoms with van der Waals surface area (Å²) in [6, 6.07) is 5.92. The largest absolute Gasteiger partial charge is 0.497 e. The molecule has 0 spiro atoms. The zero-order valence-electron chi connectivity index (χ0n) is 32.9. The number of Topliss-reactive ketones (excluding diaryl/α,β-unsaturated/α-hetero) is 1. The fraction of sp³-hybridized carbons (Fsp3) is 0.634. The lowest BCUT2D eigenvalue weighted by Gasteiger charge is -2.32. The van der Waals surface area contributed by atoms with E-state index in [0.29, 0.717) is 29.4 Å². The van der Waals surface area contributed by atoms with Crippen LogP contribution < -0.4 is 14.2 Å². The Bertz CT molecular complexity index is 2020. The summed E-state index contributed by atoms with van der Waals surface area (Å²) in [4.78, 5) is 62.7. The number of nitrogens with one attached hydrogen (secondary N) is 1. The van der Waals surface area contributed by atoms with E-state index in [1.54, 1.807) is 52.1 Å². The number of methoxy groups -OCH3 is 1. The fourth-order valence-electron chi connectivity index (χ4n) is 8.35. The van der Waals surface area contributed by atoms with Crippen LogP contribution in [0.25, 0.3) is 10.8 Å². The minimum atomic E-state index is -4.35. The third kappa shape index (κ3) is 8.85. The molecule has 3 heterocycles. The summed E-state index contributed by atoms with van der Waals surface area (Å²) in [7, 11) is -2.80. The molecule has 0 radical (unpaired) electrons. The number of rotatable bonds is 9. The normalized spacial score (nSPS) is 30.0. The van der Waals surface area contributed by atoms with E-state index in [-0.39, 0.29) is 67.9 Å². The van der Waals surface area contributed by atoms with Gasteiger partial charge in [0.05, 0.1) is 37.5 Å². The Morgan fingerprint density at radius 1 is 1.12 bits per heavy atom. The van der Waals surface area contributed by atoms with Gasteiger partial charge >= 0.3 is 5.97 Å². The SMILES string of the molecule is COc1ccc2c(O[C@@H]3C[C@H]4C(=O)C[C@]5(C(=O)NS(=O)(=O)C6(CF)CC6)C[C@H]5/C=C\CC[C@@H](C)C[C@@H](C)[C@H](CC(=O)OC(C)(C)C)C(=O)N4C3)nc(Cl)cc2c1. The maximum atomic E-state index is 14.9. The van der Waals surface area contributed by atoms with Crippen molar-refractivity contribution in [3.8, 4) is 11.6 Å². The van der Waals surface area contributed by atoms with Crippen LogP contribution in [0.15, 0.2) is 36.4 Å². The highest BCUT2D eigenvalue weighted by Gasteiger charge is 2.63. The second-order valence-electron chi connectivity index (χ2n) is 17.4. The van der Waals surface area contributed by atoms with Crippen molar-refractivity contribution in [3.05, 3.63) is 41.6 Å². The smallest absolute Gasteiger partial charge is 0.307 e. The van der Waals surface area contributed by atoms with Crippen molar-refractivity contribution < 1.29 is 46.2 Å². The van der Waals surface area contributed by atoms with Crippen LogP contribution in [-0.4, -0.2) is 84.7 Å². The lowest BCUT2D eigenvalue weighted by atomic mass is 9.82. The lowest BCUT2D eigenvalue weighted by Crippen LogP contribution is -2.48. The molecule has 2 aromatic rings. The van der Waals surface area contributed by atoms with Gasteiger partial charge in [-0.1, -0.05) is 37.6 Å². The van der Waals surface area contributed by atoms with Crippen LogP contribution in [-0.2, 0) is 33.9 Å². The third-order valence-electron chi connectivity index (χ3n) is 11.9.